The Labute approximate surface area is 94.7 Å². The van der Waals surface area contributed by atoms with Crippen LogP contribution in [0.15, 0.2) is 16.7 Å². The molecule has 0 unspecified atom stereocenters. The summed E-state index contributed by atoms with van der Waals surface area (Å²) in [4.78, 5) is 16.4. The van der Waals surface area contributed by atoms with Gasteiger partial charge in [0.2, 0.25) is 5.76 Å². The Bertz CT molecular complexity index is 332. The van der Waals surface area contributed by atoms with E-state index in [9.17, 15) is 4.79 Å². The maximum absolute atomic E-state index is 11.3. The van der Waals surface area contributed by atoms with Gasteiger partial charge >= 0.3 is 5.97 Å². The molecule has 90 valence electrons. The minimum Gasteiger partial charge on any atom is -0.463 e. The molecule has 0 aromatic carbocycles. The number of hydrogen-bond donors (Lipinski definition) is 1. The summed E-state index contributed by atoms with van der Waals surface area (Å²) in [5.41, 5.74) is 3.49. The molecule has 5 nitrogen and oxygen atoms in total. The summed E-state index contributed by atoms with van der Waals surface area (Å²) in [6.45, 7) is 5.14. The summed E-state index contributed by atoms with van der Waals surface area (Å²) >= 11 is 0. The fourth-order valence-corrected chi connectivity index (χ4v) is 1.10. The molecule has 0 bridgehead atoms. The summed E-state index contributed by atoms with van der Waals surface area (Å²) in [6, 6.07) is 1.71. The SMILES string of the molecule is COC(=O)c1occc1CNOCC(C)C. The van der Waals surface area contributed by atoms with E-state index < -0.39 is 5.97 Å². The van der Waals surface area contributed by atoms with Gasteiger partial charge in [0.15, 0.2) is 0 Å². The number of methoxy groups -OCH3 is 1. The zero-order valence-corrected chi connectivity index (χ0v) is 9.78. The van der Waals surface area contributed by atoms with Crippen LogP contribution < -0.4 is 5.48 Å². The number of hydrogen-bond acceptors (Lipinski definition) is 5. The molecule has 0 atom stereocenters. The average Bonchev–Trinajstić information content (AvgIpc) is 2.71. The molecular formula is C11H17NO4. The normalized spacial score (nSPS) is 10.8. The molecule has 0 saturated carbocycles. The van der Waals surface area contributed by atoms with Crippen molar-refractivity contribution in [3.8, 4) is 0 Å². The van der Waals surface area contributed by atoms with Gasteiger partial charge in [-0.05, 0) is 12.0 Å². The Morgan fingerprint density at radius 2 is 2.31 bits per heavy atom. The van der Waals surface area contributed by atoms with Gasteiger partial charge in [0, 0.05) is 5.56 Å². The minimum atomic E-state index is -0.481. The van der Waals surface area contributed by atoms with Gasteiger partial charge in [0.05, 0.1) is 26.5 Å². The number of hydroxylamine groups is 1. The molecule has 1 heterocycles. The second kappa shape index (κ2) is 6.30. The van der Waals surface area contributed by atoms with E-state index in [1.54, 1.807) is 6.07 Å². The Balaban J connectivity index is 2.42. The highest BCUT2D eigenvalue weighted by atomic mass is 16.6. The first kappa shape index (κ1) is 12.7. The molecule has 0 fully saturated rings. The topological polar surface area (TPSA) is 60.7 Å². The zero-order chi connectivity index (χ0) is 12.0. The first-order valence-electron chi connectivity index (χ1n) is 5.14. The summed E-state index contributed by atoms with van der Waals surface area (Å²) < 4.78 is 9.60. The van der Waals surface area contributed by atoms with Crippen molar-refractivity contribution in [1.29, 1.82) is 0 Å². The van der Waals surface area contributed by atoms with Gasteiger partial charge in [0.25, 0.3) is 0 Å². The van der Waals surface area contributed by atoms with E-state index in [1.807, 2.05) is 0 Å². The van der Waals surface area contributed by atoms with Gasteiger partial charge < -0.3 is 14.0 Å². The van der Waals surface area contributed by atoms with Crippen molar-refractivity contribution in [3.05, 3.63) is 23.7 Å². The third-order valence-corrected chi connectivity index (χ3v) is 1.90. The van der Waals surface area contributed by atoms with Crippen molar-refractivity contribution in [3.63, 3.8) is 0 Å². The van der Waals surface area contributed by atoms with E-state index in [-0.39, 0.29) is 5.76 Å². The number of ether oxygens (including phenoxy) is 1. The quantitative estimate of drug-likeness (QED) is 0.455. The molecule has 0 spiro atoms. The number of nitrogens with one attached hydrogen (secondary N) is 1. The van der Waals surface area contributed by atoms with E-state index in [4.69, 9.17) is 9.25 Å². The van der Waals surface area contributed by atoms with Crippen molar-refractivity contribution in [1.82, 2.24) is 5.48 Å². The lowest BCUT2D eigenvalue weighted by Crippen LogP contribution is -2.18. The van der Waals surface area contributed by atoms with Crippen LogP contribution in [0.3, 0.4) is 0 Å². The molecule has 16 heavy (non-hydrogen) atoms. The maximum atomic E-state index is 11.3. The molecule has 1 N–H and O–H groups in total. The molecule has 0 aliphatic carbocycles. The van der Waals surface area contributed by atoms with Gasteiger partial charge in [-0.3, -0.25) is 0 Å². The number of furan rings is 1. The number of carbonyl (C=O) groups excluding carboxylic acids is 1. The second-order valence-electron chi connectivity index (χ2n) is 3.79. The molecule has 0 amide bonds. The Hall–Kier alpha value is -1.33. The van der Waals surface area contributed by atoms with E-state index in [0.29, 0.717) is 19.1 Å². The standard InChI is InChI=1S/C11H17NO4/c1-8(2)7-16-12-6-9-4-5-15-10(9)11(13)14-3/h4-5,8,12H,6-7H2,1-3H3. The lowest BCUT2D eigenvalue weighted by atomic mass is 10.2. The molecular weight excluding hydrogens is 210 g/mol. The van der Waals surface area contributed by atoms with Gasteiger partial charge in [-0.15, -0.1) is 0 Å². The summed E-state index contributed by atoms with van der Waals surface area (Å²) in [6.07, 6.45) is 1.45. The van der Waals surface area contributed by atoms with Gasteiger partial charge in [-0.2, -0.15) is 5.48 Å². The van der Waals surface area contributed by atoms with Crippen LogP contribution in [0.5, 0.6) is 0 Å². The van der Waals surface area contributed by atoms with Crippen molar-refractivity contribution < 1.29 is 18.8 Å². The molecule has 0 radical (unpaired) electrons. The van der Waals surface area contributed by atoms with E-state index in [0.717, 1.165) is 5.56 Å². The molecule has 1 aromatic heterocycles. The Morgan fingerprint density at radius 3 is 2.94 bits per heavy atom. The van der Waals surface area contributed by atoms with E-state index >= 15 is 0 Å². The first-order chi connectivity index (χ1) is 7.65. The highest BCUT2D eigenvalue weighted by Gasteiger charge is 2.15. The monoisotopic (exact) mass is 227 g/mol. The van der Waals surface area contributed by atoms with Crippen molar-refractivity contribution in [2.24, 2.45) is 5.92 Å². The summed E-state index contributed by atoms with van der Waals surface area (Å²) in [7, 11) is 1.32. The molecule has 0 aliphatic rings. The van der Waals surface area contributed by atoms with Crippen LogP contribution in [0.2, 0.25) is 0 Å². The lowest BCUT2D eigenvalue weighted by Gasteiger charge is -2.07. The summed E-state index contributed by atoms with van der Waals surface area (Å²) in [5, 5.41) is 0. The lowest BCUT2D eigenvalue weighted by molar-refractivity contribution is 0.0191. The largest absolute Gasteiger partial charge is 0.463 e. The van der Waals surface area contributed by atoms with Crippen LogP contribution in [0, 0.1) is 5.92 Å². The number of rotatable bonds is 6. The fraction of sp³-hybridized carbons (Fsp3) is 0.545. The van der Waals surface area contributed by atoms with Gasteiger partial charge in [-0.25, -0.2) is 4.79 Å². The Kier molecular flexibility index (Phi) is 5.01. The zero-order valence-electron chi connectivity index (χ0n) is 9.78. The number of esters is 1. The predicted molar refractivity (Wildman–Crippen MR) is 57.7 cm³/mol. The fourth-order valence-electron chi connectivity index (χ4n) is 1.10. The van der Waals surface area contributed by atoms with E-state index in [2.05, 4.69) is 24.1 Å². The molecule has 0 aliphatic heterocycles. The highest BCUT2D eigenvalue weighted by molar-refractivity contribution is 5.87. The van der Waals surface area contributed by atoms with Crippen LogP contribution in [-0.2, 0) is 16.1 Å². The third-order valence-electron chi connectivity index (χ3n) is 1.90. The Morgan fingerprint density at radius 1 is 1.56 bits per heavy atom. The third kappa shape index (κ3) is 3.67. The minimum absolute atomic E-state index is 0.211. The molecule has 1 rings (SSSR count). The van der Waals surface area contributed by atoms with Gasteiger partial charge in [0.1, 0.15) is 0 Å². The van der Waals surface area contributed by atoms with Crippen LogP contribution in [-0.4, -0.2) is 19.7 Å². The van der Waals surface area contributed by atoms with E-state index in [1.165, 1.54) is 13.4 Å². The average molecular weight is 227 g/mol. The van der Waals surface area contributed by atoms with Crippen molar-refractivity contribution >= 4 is 5.97 Å². The smallest absolute Gasteiger partial charge is 0.374 e. The van der Waals surface area contributed by atoms with Crippen molar-refractivity contribution in [2.45, 2.75) is 20.4 Å². The first-order valence-corrected chi connectivity index (χ1v) is 5.14. The van der Waals surface area contributed by atoms with Gasteiger partial charge in [-0.1, -0.05) is 13.8 Å². The molecule has 1 aromatic rings. The van der Waals surface area contributed by atoms with Crippen LogP contribution in [0.25, 0.3) is 0 Å². The predicted octanol–water partition coefficient (Wildman–Crippen LogP) is 1.74. The van der Waals surface area contributed by atoms with Crippen molar-refractivity contribution in [2.75, 3.05) is 13.7 Å². The van der Waals surface area contributed by atoms with Crippen LogP contribution in [0.1, 0.15) is 30.0 Å². The second-order valence-corrected chi connectivity index (χ2v) is 3.79. The van der Waals surface area contributed by atoms with Crippen LogP contribution in [0.4, 0.5) is 0 Å². The maximum Gasteiger partial charge on any atom is 0.374 e. The summed E-state index contributed by atoms with van der Waals surface area (Å²) in [5.74, 6) is 0.186. The molecule has 0 saturated heterocycles. The highest BCUT2D eigenvalue weighted by Crippen LogP contribution is 2.11. The number of carbonyl (C=O) groups is 1. The molecule has 5 heteroatoms. The van der Waals surface area contributed by atoms with Crippen LogP contribution >= 0.6 is 0 Å².